The highest BCUT2D eigenvalue weighted by atomic mass is 32.1. The number of nitrogen functional groups attached to an aromatic ring is 1. The number of thiophene rings is 1. The number of hydrogen-bond acceptors (Lipinski definition) is 7. The standard InChI is InChI=1S/C16H17N3O4S/c1-7-18-15(23-19-7)16(6-8-2-3-8)5-4-9-10(14(21)22)13(17)24-11(9)12(16)20/h8H,2-6,17H2,1H3,(H,21,22). The number of ketones is 1. The summed E-state index contributed by atoms with van der Waals surface area (Å²) in [6.45, 7) is 1.72. The van der Waals surface area contributed by atoms with Crippen LogP contribution in [0.3, 0.4) is 0 Å². The summed E-state index contributed by atoms with van der Waals surface area (Å²) in [5.41, 5.74) is 5.65. The third-order valence-corrected chi connectivity index (χ3v) is 6.02. The lowest BCUT2D eigenvalue weighted by Gasteiger charge is -2.32. The molecule has 24 heavy (non-hydrogen) atoms. The molecule has 7 nitrogen and oxygen atoms in total. The number of carboxylic acid groups (broad SMARTS) is 1. The van der Waals surface area contributed by atoms with E-state index in [1.165, 1.54) is 0 Å². The molecule has 2 aromatic heterocycles. The van der Waals surface area contributed by atoms with E-state index in [9.17, 15) is 14.7 Å². The van der Waals surface area contributed by atoms with Crippen molar-refractivity contribution in [1.29, 1.82) is 0 Å². The van der Waals surface area contributed by atoms with Crippen molar-refractivity contribution < 1.29 is 19.2 Å². The number of aromatic nitrogens is 2. The minimum absolute atomic E-state index is 0.0741. The zero-order valence-electron chi connectivity index (χ0n) is 13.2. The second kappa shape index (κ2) is 5.14. The van der Waals surface area contributed by atoms with Gasteiger partial charge in [-0.25, -0.2) is 4.79 Å². The fraction of sp³-hybridized carbons (Fsp3) is 0.500. The van der Waals surface area contributed by atoms with Gasteiger partial charge < -0.3 is 15.4 Å². The predicted octanol–water partition coefficient (Wildman–Crippen LogP) is 2.59. The molecule has 4 rings (SSSR count). The second-order valence-corrected chi connectivity index (χ2v) is 7.71. The number of nitrogens with zero attached hydrogens (tertiary/aromatic N) is 2. The summed E-state index contributed by atoms with van der Waals surface area (Å²) >= 11 is 1.06. The molecule has 2 aliphatic rings. The van der Waals surface area contributed by atoms with Gasteiger partial charge in [0.25, 0.3) is 0 Å². The summed E-state index contributed by atoms with van der Waals surface area (Å²) in [6.07, 6.45) is 3.83. The molecule has 0 aromatic carbocycles. The first-order valence-electron chi connectivity index (χ1n) is 7.92. The number of carboxylic acids is 1. The maximum atomic E-state index is 13.3. The monoisotopic (exact) mass is 347 g/mol. The molecule has 3 N–H and O–H groups in total. The number of Topliss-reactive ketones (excluding diaryl/α,β-unsaturated/α-hetero) is 1. The van der Waals surface area contributed by atoms with Crippen molar-refractivity contribution in [2.45, 2.75) is 44.4 Å². The highest BCUT2D eigenvalue weighted by Crippen LogP contribution is 2.50. The zero-order valence-corrected chi connectivity index (χ0v) is 14.0. The quantitative estimate of drug-likeness (QED) is 0.872. The Morgan fingerprint density at radius 3 is 2.83 bits per heavy atom. The SMILES string of the molecule is Cc1noc(C2(CC3CC3)CCc3c(sc(N)c3C(=O)O)C2=O)n1. The fourth-order valence-corrected chi connectivity index (χ4v) is 4.75. The molecule has 0 aliphatic heterocycles. The van der Waals surface area contributed by atoms with Crippen LogP contribution in [-0.4, -0.2) is 27.0 Å². The van der Waals surface area contributed by atoms with Crippen LogP contribution in [0.15, 0.2) is 4.52 Å². The molecule has 0 radical (unpaired) electrons. The molecule has 0 amide bonds. The highest BCUT2D eigenvalue weighted by Gasteiger charge is 2.52. The highest BCUT2D eigenvalue weighted by molar-refractivity contribution is 7.18. The van der Waals surface area contributed by atoms with Gasteiger partial charge in [-0.15, -0.1) is 11.3 Å². The number of rotatable bonds is 4. The van der Waals surface area contributed by atoms with E-state index in [0.29, 0.717) is 47.3 Å². The van der Waals surface area contributed by atoms with Crippen molar-refractivity contribution in [3.8, 4) is 0 Å². The Hall–Kier alpha value is -2.22. The van der Waals surface area contributed by atoms with Crippen molar-refractivity contribution >= 4 is 28.1 Å². The van der Waals surface area contributed by atoms with Crippen LogP contribution in [-0.2, 0) is 11.8 Å². The Morgan fingerprint density at radius 2 is 2.25 bits per heavy atom. The van der Waals surface area contributed by atoms with Gasteiger partial charge in [0.15, 0.2) is 11.6 Å². The Kier molecular flexibility index (Phi) is 3.28. The van der Waals surface area contributed by atoms with Crippen molar-refractivity contribution in [2.24, 2.45) is 5.92 Å². The van der Waals surface area contributed by atoms with E-state index < -0.39 is 11.4 Å². The first-order valence-corrected chi connectivity index (χ1v) is 8.74. The first-order chi connectivity index (χ1) is 11.4. The number of fused-ring (bicyclic) bond motifs is 1. The maximum Gasteiger partial charge on any atom is 0.338 e. The van der Waals surface area contributed by atoms with Crippen LogP contribution in [0.5, 0.6) is 0 Å². The molecule has 1 fully saturated rings. The van der Waals surface area contributed by atoms with Crippen LogP contribution < -0.4 is 5.73 Å². The number of nitrogens with two attached hydrogens (primary N) is 1. The number of carbonyl (C=O) groups excluding carboxylic acids is 1. The molecular weight excluding hydrogens is 330 g/mol. The van der Waals surface area contributed by atoms with Crippen LogP contribution in [0.1, 0.15) is 63.0 Å². The van der Waals surface area contributed by atoms with E-state index in [0.717, 1.165) is 24.2 Å². The number of aromatic carboxylic acids is 1. The van der Waals surface area contributed by atoms with Crippen molar-refractivity contribution in [3.05, 3.63) is 27.7 Å². The van der Waals surface area contributed by atoms with Crippen LogP contribution in [0.4, 0.5) is 5.00 Å². The minimum Gasteiger partial charge on any atom is -0.478 e. The summed E-state index contributed by atoms with van der Waals surface area (Å²) < 4.78 is 5.38. The Bertz CT molecular complexity index is 852. The summed E-state index contributed by atoms with van der Waals surface area (Å²) in [6, 6.07) is 0. The lowest BCUT2D eigenvalue weighted by Crippen LogP contribution is -2.40. The van der Waals surface area contributed by atoms with E-state index in [4.69, 9.17) is 10.3 Å². The van der Waals surface area contributed by atoms with Crippen molar-refractivity contribution in [1.82, 2.24) is 10.1 Å². The lowest BCUT2D eigenvalue weighted by molar-refractivity contribution is 0.0696. The van der Waals surface area contributed by atoms with Crippen LogP contribution >= 0.6 is 11.3 Å². The topological polar surface area (TPSA) is 119 Å². The van der Waals surface area contributed by atoms with E-state index in [-0.39, 0.29) is 16.3 Å². The molecule has 1 unspecified atom stereocenters. The van der Waals surface area contributed by atoms with E-state index in [2.05, 4.69) is 10.1 Å². The van der Waals surface area contributed by atoms with Gasteiger partial charge in [0, 0.05) is 0 Å². The molecule has 126 valence electrons. The van der Waals surface area contributed by atoms with E-state index in [1.54, 1.807) is 6.92 Å². The van der Waals surface area contributed by atoms with Crippen molar-refractivity contribution in [3.63, 3.8) is 0 Å². The molecule has 8 heteroatoms. The lowest BCUT2D eigenvalue weighted by atomic mass is 9.69. The fourth-order valence-electron chi connectivity index (χ4n) is 3.60. The minimum atomic E-state index is -1.08. The summed E-state index contributed by atoms with van der Waals surface area (Å²) in [4.78, 5) is 29.6. The van der Waals surface area contributed by atoms with Crippen LogP contribution in [0.25, 0.3) is 0 Å². The molecule has 0 saturated heterocycles. The van der Waals surface area contributed by atoms with E-state index >= 15 is 0 Å². The van der Waals surface area contributed by atoms with Crippen LogP contribution in [0.2, 0.25) is 0 Å². The molecule has 1 saturated carbocycles. The number of hydrogen-bond donors (Lipinski definition) is 2. The normalized spacial score (nSPS) is 23.3. The summed E-state index contributed by atoms with van der Waals surface area (Å²) in [7, 11) is 0. The largest absolute Gasteiger partial charge is 0.478 e. The van der Waals surface area contributed by atoms with Gasteiger partial charge in [0.1, 0.15) is 10.4 Å². The number of aryl methyl sites for hydroxylation is 1. The van der Waals surface area contributed by atoms with Gasteiger partial charge in [-0.3, -0.25) is 4.79 Å². The summed E-state index contributed by atoms with van der Waals surface area (Å²) in [5.74, 6) is 0.130. The number of carbonyl (C=O) groups is 2. The molecule has 2 aromatic rings. The predicted molar refractivity (Wildman–Crippen MR) is 86.4 cm³/mol. The first kappa shape index (κ1) is 15.3. The smallest absolute Gasteiger partial charge is 0.338 e. The summed E-state index contributed by atoms with van der Waals surface area (Å²) in [5, 5.41) is 13.4. The second-order valence-electron chi connectivity index (χ2n) is 6.66. The molecule has 2 heterocycles. The zero-order chi connectivity index (χ0) is 17.1. The third kappa shape index (κ3) is 2.16. The average Bonchev–Trinajstić information content (AvgIpc) is 3.11. The molecule has 2 aliphatic carbocycles. The van der Waals surface area contributed by atoms with Gasteiger partial charge in [-0.2, -0.15) is 4.98 Å². The van der Waals surface area contributed by atoms with E-state index in [1.807, 2.05) is 0 Å². The molecule has 0 bridgehead atoms. The third-order valence-electron chi connectivity index (χ3n) is 4.96. The van der Waals surface area contributed by atoms with Gasteiger partial charge in [-0.05, 0) is 37.7 Å². The Morgan fingerprint density at radius 1 is 1.50 bits per heavy atom. The Labute approximate surface area is 141 Å². The van der Waals surface area contributed by atoms with Gasteiger partial charge in [-0.1, -0.05) is 18.0 Å². The maximum absolute atomic E-state index is 13.3. The molecule has 1 atom stereocenters. The van der Waals surface area contributed by atoms with Crippen molar-refractivity contribution in [2.75, 3.05) is 5.73 Å². The van der Waals surface area contributed by atoms with Crippen LogP contribution in [0, 0.1) is 12.8 Å². The number of anilines is 1. The van der Waals surface area contributed by atoms with Gasteiger partial charge in [0.05, 0.1) is 10.4 Å². The Balaban J connectivity index is 1.84. The van der Waals surface area contributed by atoms with Gasteiger partial charge >= 0.3 is 5.97 Å². The van der Waals surface area contributed by atoms with Gasteiger partial charge in [0.2, 0.25) is 5.89 Å². The average molecular weight is 347 g/mol. The molecule has 0 spiro atoms. The molecular formula is C16H17N3O4S.